The smallest absolute Gasteiger partial charge is 0.254 e. The molecule has 1 amide bonds. The normalized spacial score (nSPS) is 16.8. The van der Waals surface area contributed by atoms with Crippen molar-refractivity contribution in [2.75, 3.05) is 19.6 Å². The van der Waals surface area contributed by atoms with Crippen LogP contribution in [0.2, 0.25) is 5.02 Å². The minimum Gasteiger partial charge on any atom is -0.486 e. The second kappa shape index (κ2) is 8.25. The summed E-state index contributed by atoms with van der Waals surface area (Å²) in [6.07, 6.45) is 1.75. The number of amides is 1. The summed E-state index contributed by atoms with van der Waals surface area (Å²) in [7, 11) is -4.01. The number of nitrogens with zero attached hydrogens (tertiary/aromatic N) is 2. The number of aromatic nitrogens is 1. The summed E-state index contributed by atoms with van der Waals surface area (Å²) in [4.78, 5) is 25.7. The van der Waals surface area contributed by atoms with Gasteiger partial charge in [0, 0.05) is 17.8 Å². The molecule has 2 aromatic rings. The highest BCUT2D eigenvalue weighted by Gasteiger charge is 2.33. The van der Waals surface area contributed by atoms with E-state index in [1.165, 1.54) is 11.0 Å². The van der Waals surface area contributed by atoms with Crippen LogP contribution in [0, 0.1) is 12.7 Å². The molecule has 0 spiro atoms. The summed E-state index contributed by atoms with van der Waals surface area (Å²) in [6, 6.07) is 6.55. The molecule has 1 aromatic carbocycles. The summed E-state index contributed by atoms with van der Waals surface area (Å²) < 4.78 is 47.5. The maximum atomic E-state index is 13.2. The standard InChI is InChI=1S/C20H21ClFN3O5S/c1-12-6-14(7-19(26)25(12)13-2-3-13)30-15-10-24(11-15)20(27)9-23-31(28,29)16-4-5-18(22)17(21)8-16/h4-8,13,15,23H,2-3,9-11H2,1H3. The lowest BCUT2D eigenvalue weighted by Gasteiger charge is -2.39. The van der Waals surface area contributed by atoms with Gasteiger partial charge in [-0.3, -0.25) is 9.59 Å². The third kappa shape index (κ3) is 4.76. The van der Waals surface area contributed by atoms with E-state index < -0.39 is 28.3 Å². The van der Waals surface area contributed by atoms with Gasteiger partial charge in [0.15, 0.2) is 0 Å². The van der Waals surface area contributed by atoms with Crippen molar-refractivity contribution in [3.8, 4) is 5.75 Å². The largest absolute Gasteiger partial charge is 0.486 e. The first-order chi connectivity index (χ1) is 14.6. The minimum absolute atomic E-state index is 0.0972. The highest BCUT2D eigenvalue weighted by molar-refractivity contribution is 7.89. The second-order valence-corrected chi connectivity index (χ2v) is 9.89. The Morgan fingerprint density at radius 2 is 1.97 bits per heavy atom. The quantitative estimate of drug-likeness (QED) is 0.667. The zero-order chi connectivity index (χ0) is 22.3. The van der Waals surface area contributed by atoms with Gasteiger partial charge in [-0.25, -0.2) is 17.5 Å². The van der Waals surface area contributed by atoms with E-state index in [4.69, 9.17) is 16.3 Å². The maximum absolute atomic E-state index is 13.2. The lowest BCUT2D eigenvalue weighted by atomic mass is 10.1. The van der Waals surface area contributed by atoms with Gasteiger partial charge in [0.05, 0.1) is 29.6 Å². The number of rotatable bonds is 7. The van der Waals surface area contributed by atoms with Gasteiger partial charge in [-0.05, 0) is 44.0 Å². The van der Waals surface area contributed by atoms with Gasteiger partial charge in [0.1, 0.15) is 17.7 Å². The lowest BCUT2D eigenvalue weighted by molar-refractivity contribution is -0.138. The van der Waals surface area contributed by atoms with Crippen molar-refractivity contribution < 1.29 is 22.3 Å². The monoisotopic (exact) mass is 469 g/mol. The Hall–Kier alpha value is -2.43. The fourth-order valence-electron chi connectivity index (χ4n) is 3.46. The number of hydrogen-bond acceptors (Lipinski definition) is 5. The predicted molar refractivity (Wildman–Crippen MR) is 111 cm³/mol. The molecule has 8 nitrogen and oxygen atoms in total. The van der Waals surface area contributed by atoms with Gasteiger partial charge in [-0.2, -0.15) is 0 Å². The zero-order valence-corrected chi connectivity index (χ0v) is 18.2. The molecule has 0 atom stereocenters. The Labute approximate surface area is 183 Å². The van der Waals surface area contributed by atoms with E-state index in [2.05, 4.69) is 4.72 Å². The number of likely N-dealkylation sites (tertiary alicyclic amines) is 1. The molecule has 1 aromatic heterocycles. The minimum atomic E-state index is -4.01. The Balaban J connectivity index is 1.28. The molecule has 1 aliphatic heterocycles. The van der Waals surface area contributed by atoms with Gasteiger partial charge >= 0.3 is 0 Å². The Morgan fingerprint density at radius 1 is 1.26 bits per heavy atom. The van der Waals surface area contributed by atoms with Gasteiger partial charge in [-0.15, -0.1) is 0 Å². The summed E-state index contributed by atoms with van der Waals surface area (Å²) in [5, 5.41) is -0.322. The van der Waals surface area contributed by atoms with Crippen molar-refractivity contribution in [2.45, 2.75) is 36.8 Å². The van der Waals surface area contributed by atoms with Crippen molar-refractivity contribution in [3.05, 3.63) is 57.2 Å². The van der Waals surface area contributed by atoms with E-state index in [0.717, 1.165) is 36.7 Å². The van der Waals surface area contributed by atoms with Crippen LogP contribution in [0.1, 0.15) is 24.6 Å². The van der Waals surface area contributed by atoms with Gasteiger partial charge < -0.3 is 14.2 Å². The van der Waals surface area contributed by atoms with E-state index in [9.17, 15) is 22.4 Å². The fraction of sp³-hybridized carbons (Fsp3) is 0.400. The van der Waals surface area contributed by atoms with E-state index in [1.54, 1.807) is 4.57 Å². The first-order valence-electron chi connectivity index (χ1n) is 9.76. The molecule has 2 aliphatic rings. The molecule has 2 heterocycles. The third-order valence-electron chi connectivity index (χ3n) is 5.26. The molecule has 2 fully saturated rings. The summed E-state index contributed by atoms with van der Waals surface area (Å²) in [5.74, 6) is -0.689. The molecule has 0 radical (unpaired) electrons. The van der Waals surface area contributed by atoms with Crippen molar-refractivity contribution >= 4 is 27.5 Å². The van der Waals surface area contributed by atoms with Crippen LogP contribution in [0.15, 0.2) is 40.0 Å². The first-order valence-corrected chi connectivity index (χ1v) is 11.6. The van der Waals surface area contributed by atoms with E-state index in [1.807, 2.05) is 13.0 Å². The molecule has 11 heteroatoms. The number of ether oxygens (including phenoxy) is 1. The molecule has 166 valence electrons. The number of nitrogens with one attached hydrogen (secondary N) is 1. The van der Waals surface area contributed by atoms with Crippen LogP contribution in [-0.2, 0) is 14.8 Å². The predicted octanol–water partition coefficient (Wildman–Crippen LogP) is 1.85. The Morgan fingerprint density at radius 3 is 2.58 bits per heavy atom. The molecule has 31 heavy (non-hydrogen) atoms. The molecule has 1 saturated heterocycles. The molecular weight excluding hydrogens is 449 g/mol. The van der Waals surface area contributed by atoms with Crippen LogP contribution in [0.25, 0.3) is 0 Å². The average Bonchev–Trinajstić information content (AvgIpc) is 3.49. The number of aryl methyl sites for hydroxylation is 1. The van der Waals surface area contributed by atoms with E-state index >= 15 is 0 Å². The number of carbonyl (C=O) groups excluding carboxylic acids is 1. The van der Waals surface area contributed by atoms with Crippen molar-refractivity contribution in [1.29, 1.82) is 0 Å². The third-order valence-corrected chi connectivity index (χ3v) is 6.95. The maximum Gasteiger partial charge on any atom is 0.254 e. The van der Waals surface area contributed by atoms with Crippen LogP contribution in [0.4, 0.5) is 4.39 Å². The number of hydrogen-bond donors (Lipinski definition) is 1. The van der Waals surface area contributed by atoms with Crippen LogP contribution in [-0.4, -0.2) is 49.5 Å². The van der Waals surface area contributed by atoms with E-state index in [0.29, 0.717) is 5.75 Å². The molecule has 1 saturated carbocycles. The highest BCUT2D eigenvalue weighted by Crippen LogP contribution is 2.35. The molecule has 1 aliphatic carbocycles. The van der Waals surface area contributed by atoms with Crippen LogP contribution in [0.5, 0.6) is 5.75 Å². The fourth-order valence-corrected chi connectivity index (χ4v) is 4.70. The summed E-state index contributed by atoms with van der Waals surface area (Å²) >= 11 is 5.62. The van der Waals surface area contributed by atoms with Crippen molar-refractivity contribution in [2.24, 2.45) is 0 Å². The lowest BCUT2D eigenvalue weighted by Crippen LogP contribution is -2.58. The summed E-state index contributed by atoms with van der Waals surface area (Å²) in [6.45, 7) is 1.99. The topological polar surface area (TPSA) is 97.7 Å². The number of carbonyl (C=O) groups is 1. The van der Waals surface area contributed by atoms with Gasteiger partial charge in [-0.1, -0.05) is 11.6 Å². The molecular formula is C20H21ClFN3O5S. The molecule has 0 bridgehead atoms. The van der Waals surface area contributed by atoms with E-state index in [-0.39, 0.29) is 40.7 Å². The molecule has 1 N–H and O–H groups in total. The van der Waals surface area contributed by atoms with Crippen molar-refractivity contribution in [1.82, 2.24) is 14.2 Å². The summed E-state index contributed by atoms with van der Waals surface area (Å²) in [5.41, 5.74) is 0.743. The van der Waals surface area contributed by atoms with Gasteiger partial charge in [0.2, 0.25) is 15.9 Å². The van der Waals surface area contributed by atoms with Crippen LogP contribution in [0.3, 0.4) is 0 Å². The molecule has 0 unspecified atom stereocenters. The van der Waals surface area contributed by atoms with Gasteiger partial charge in [0.25, 0.3) is 5.56 Å². The zero-order valence-electron chi connectivity index (χ0n) is 16.7. The average molecular weight is 470 g/mol. The Bertz CT molecular complexity index is 1190. The number of benzene rings is 1. The highest BCUT2D eigenvalue weighted by atomic mass is 35.5. The molecule has 4 rings (SSSR count). The second-order valence-electron chi connectivity index (χ2n) is 7.71. The number of halogens is 2. The van der Waals surface area contributed by atoms with Crippen molar-refractivity contribution in [3.63, 3.8) is 0 Å². The SMILES string of the molecule is Cc1cc(OC2CN(C(=O)CNS(=O)(=O)c3ccc(F)c(Cl)c3)C2)cc(=O)n1C1CC1. The van der Waals surface area contributed by atoms with Crippen LogP contribution < -0.4 is 15.0 Å². The van der Waals surface area contributed by atoms with Crippen LogP contribution >= 0.6 is 11.6 Å². The Kier molecular flexibility index (Phi) is 5.80. The first kappa shape index (κ1) is 21.8. The number of sulfonamides is 1. The number of pyridine rings is 1.